The van der Waals surface area contributed by atoms with Crippen molar-refractivity contribution in [2.75, 3.05) is 39.3 Å². The highest BCUT2D eigenvalue weighted by atomic mass is 16.2. The van der Waals surface area contributed by atoms with E-state index in [1.165, 1.54) is 0 Å². The van der Waals surface area contributed by atoms with Gasteiger partial charge in [0.2, 0.25) is 5.91 Å². The SMILES string of the molecule is O=C(c1ccccc1)N1CCCC(C(=O)N2CCNCC2)C1. The van der Waals surface area contributed by atoms with Crippen molar-refractivity contribution in [2.45, 2.75) is 12.8 Å². The monoisotopic (exact) mass is 301 g/mol. The minimum atomic E-state index is -0.0421. The predicted octanol–water partition coefficient (Wildman–Crippen LogP) is 0.971. The molecule has 0 spiro atoms. The fraction of sp³-hybridized carbons (Fsp3) is 0.529. The van der Waals surface area contributed by atoms with E-state index in [2.05, 4.69) is 5.32 Å². The van der Waals surface area contributed by atoms with Crippen molar-refractivity contribution in [1.29, 1.82) is 0 Å². The second-order valence-corrected chi connectivity index (χ2v) is 6.03. The molecule has 3 rings (SSSR count). The van der Waals surface area contributed by atoms with Crippen LogP contribution in [0.1, 0.15) is 23.2 Å². The van der Waals surface area contributed by atoms with Gasteiger partial charge in [-0.1, -0.05) is 18.2 Å². The number of carbonyl (C=O) groups excluding carboxylic acids is 2. The summed E-state index contributed by atoms with van der Waals surface area (Å²) in [5, 5.41) is 3.26. The number of benzene rings is 1. The van der Waals surface area contributed by atoms with Crippen LogP contribution in [0.3, 0.4) is 0 Å². The zero-order valence-corrected chi connectivity index (χ0v) is 12.8. The molecule has 0 aliphatic carbocycles. The number of hydrogen-bond donors (Lipinski definition) is 1. The van der Waals surface area contributed by atoms with Gasteiger partial charge >= 0.3 is 0 Å². The second-order valence-electron chi connectivity index (χ2n) is 6.03. The van der Waals surface area contributed by atoms with E-state index in [-0.39, 0.29) is 17.7 Å². The van der Waals surface area contributed by atoms with Crippen LogP contribution in [0.25, 0.3) is 0 Å². The third-order valence-electron chi connectivity index (χ3n) is 4.51. The van der Waals surface area contributed by atoms with E-state index < -0.39 is 0 Å². The van der Waals surface area contributed by atoms with Crippen molar-refractivity contribution in [1.82, 2.24) is 15.1 Å². The van der Waals surface area contributed by atoms with Gasteiger partial charge in [-0.25, -0.2) is 0 Å². The Morgan fingerprint density at radius 3 is 2.45 bits per heavy atom. The van der Waals surface area contributed by atoms with Gasteiger partial charge in [-0.05, 0) is 25.0 Å². The smallest absolute Gasteiger partial charge is 0.253 e. The summed E-state index contributed by atoms with van der Waals surface area (Å²) in [7, 11) is 0. The summed E-state index contributed by atoms with van der Waals surface area (Å²) >= 11 is 0. The Morgan fingerprint density at radius 1 is 1.00 bits per heavy atom. The highest BCUT2D eigenvalue weighted by Gasteiger charge is 2.31. The summed E-state index contributed by atoms with van der Waals surface area (Å²) in [6, 6.07) is 9.33. The summed E-state index contributed by atoms with van der Waals surface area (Å²) in [6.07, 6.45) is 1.79. The van der Waals surface area contributed by atoms with Crippen molar-refractivity contribution in [3.8, 4) is 0 Å². The molecule has 2 amide bonds. The topological polar surface area (TPSA) is 52.7 Å². The van der Waals surface area contributed by atoms with E-state index >= 15 is 0 Å². The summed E-state index contributed by atoms with van der Waals surface area (Å²) in [5.74, 6) is 0.213. The standard InChI is InChI=1S/C17H23N3O2/c21-16(14-5-2-1-3-6-14)20-10-4-7-15(13-20)17(22)19-11-8-18-9-12-19/h1-3,5-6,15,18H,4,7-13H2. The maximum atomic E-state index is 12.6. The quantitative estimate of drug-likeness (QED) is 0.885. The fourth-order valence-corrected chi connectivity index (χ4v) is 3.27. The lowest BCUT2D eigenvalue weighted by atomic mass is 9.95. The third kappa shape index (κ3) is 3.30. The zero-order chi connectivity index (χ0) is 15.4. The summed E-state index contributed by atoms with van der Waals surface area (Å²) < 4.78 is 0. The maximum Gasteiger partial charge on any atom is 0.253 e. The molecular formula is C17H23N3O2. The highest BCUT2D eigenvalue weighted by molar-refractivity contribution is 5.94. The van der Waals surface area contributed by atoms with Crippen LogP contribution >= 0.6 is 0 Å². The Morgan fingerprint density at radius 2 is 1.73 bits per heavy atom. The van der Waals surface area contributed by atoms with Gasteiger partial charge in [-0.3, -0.25) is 9.59 Å². The maximum absolute atomic E-state index is 12.6. The number of carbonyl (C=O) groups is 2. The first-order valence-electron chi connectivity index (χ1n) is 8.09. The molecule has 0 aromatic heterocycles. The molecule has 1 aromatic rings. The first kappa shape index (κ1) is 15.0. The Hall–Kier alpha value is -1.88. The summed E-state index contributed by atoms with van der Waals surface area (Å²) in [5.41, 5.74) is 0.706. The molecule has 1 atom stereocenters. The first-order chi connectivity index (χ1) is 10.8. The normalized spacial score (nSPS) is 22.5. The van der Waals surface area contributed by atoms with Gasteiger partial charge in [0.05, 0.1) is 5.92 Å². The van der Waals surface area contributed by atoms with Crippen molar-refractivity contribution in [3.63, 3.8) is 0 Å². The molecule has 1 N–H and O–H groups in total. The lowest BCUT2D eigenvalue weighted by Gasteiger charge is -2.36. The molecule has 2 fully saturated rings. The molecule has 2 heterocycles. The number of amides is 2. The van der Waals surface area contributed by atoms with Crippen molar-refractivity contribution < 1.29 is 9.59 Å². The largest absolute Gasteiger partial charge is 0.340 e. The van der Waals surface area contributed by atoms with Crippen molar-refractivity contribution >= 4 is 11.8 Å². The molecule has 22 heavy (non-hydrogen) atoms. The zero-order valence-electron chi connectivity index (χ0n) is 12.8. The lowest BCUT2D eigenvalue weighted by Crippen LogP contribution is -2.52. The number of piperazine rings is 1. The Balaban J connectivity index is 1.63. The average molecular weight is 301 g/mol. The number of piperidine rings is 1. The van der Waals surface area contributed by atoms with Gasteiger partial charge in [0, 0.05) is 44.8 Å². The van der Waals surface area contributed by atoms with Crippen LogP contribution in [0.2, 0.25) is 0 Å². The van der Waals surface area contributed by atoms with E-state index in [1.807, 2.05) is 40.1 Å². The van der Waals surface area contributed by atoms with Crippen LogP contribution in [0.5, 0.6) is 0 Å². The average Bonchev–Trinajstić information content (AvgIpc) is 2.62. The molecule has 5 heteroatoms. The van der Waals surface area contributed by atoms with Gasteiger partial charge in [0.1, 0.15) is 0 Å². The Labute approximate surface area is 131 Å². The van der Waals surface area contributed by atoms with Crippen molar-refractivity contribution in [3.05, 3.63) is 35.9 Å². The number of rotatable bonds is 2. The van der Waals surface area contributed by atoms with Gasteiger partial charge in [-0.15, -0.1) is 0 Å². The van der Waals surface area contributed by atoms with Gasteiger partial charge in [0.25, 0.3) is 5.91 Å². The Kier molecular flexibility index (Phi) is 4.73. The number of hydrogen-bond acceptors (Lipinski definition) is 3. The first-order valence-corrected chi connectivity index (χ1v) is 8.09. The van der Waals surface area contributed by atoms with Gasteiger partial charge < -0.3 is 15.1 Å². The minimum Gasteiger partial charge on any atom is -0.340 e. The minimum absolute atomic E-state index is 0.0402. The molecular weight excluding hydrogens is 278 g/mol. The summed E-state index contributed by atoms with van der Waals surface area (Å²) in [6.45, 7) is 4.59. The van der Waals surface area contributed by atoms with E-state index in [1.54, 1.807) is 0 Å². The highest BCUT2D eigenvalue weighted by Crippen LogP contribution is 2.21. The number of likely N-dealkylation sites (tertiary alicyclic amines) is 1. The van der Waals surface area contributed by atoms with Crippen LogP contribution in [0, 0.1) is 5.92 Å². The molecule has 2 aliphatic heterocycles. The van der Waals surface area contributed by atoms with Crippen LogP contribution in [-0.2, 0) is 4.79 Å². The fourth-order valence-electron chi connectivity index (χ4n) is 3.27. The molecule has 2 saturated heterocycles. The molecule has 0 radical (unpaired) electrons. The van der Waals surface area contributed by atoms with E-state index in [4.69, 9.17) is 0 Å². The molecule has 118 valence electrons. The molecule has 5 nitrogen and oxygen atoms in total. The van der Waals surface area contributed by atoms with E-state index in [0.717, 1.165) is 45.6 Å². The number of nitrogens with one attached hydrogen (secondary N) is 1. The van der Waals surface area contributed by atoms with Crippen LogP contribution < -0.4 is 5.32 Å². The summed E-state index contributed by atoms with van der Waals surface area (Å²) in [4.78, 5) is 28.9. The Bertz CT molecular complexity index is 526. The molecule has 0 bridgehead atoms. The van der Waals surface area contributed by atoms with Gasteiger partial charge in [0.15, 0.2) is 0 Å². The second kappa shape index (κ2) is 6.92. The van der Waals surface area contributed by atoms with Crippen LogP contribution in [0.4, 0.5) is 0 Å². The molecule has 1 unspecified atom stereocenters. The van der Waals surface area contributed by atoms with E-state index in [0.29, 0.717) is 12.1 Å². The molecule has 0 saturated carbocycles. The van der Waals surface area contributed by atoms with Gasteiger partial charge in [-0.2, -0.15) is 0 Å². The third-order valence-corrected chi connectivity index (χ3v) is 4.51. The van der Waals surface area contributed by atoms with E-state index in [9.17, 15) is 9.59 Å². The van der Waals surface area contributed by atoms with Crippen LogP contribution in [0.15, 0.2) is 30.3 Å². The van der Waals surface area contributed by atoms with Crippen molar-refractivity contribution in [2.24, 2.45) is 5.92 Å². The number of nitrogens with zero attached hydrogens (tertiary/aromatic N) is 2. The van der Waals surface area contributed by atoms with Crippen LogP contribution in [-0.4, -0.2) is 60.9 Å². The lowest BCUT2D eigenvalue weighted by molar-refractivity contribution is -0.137. The predicted molar refractivity (Wildman–Crippen MR) is 84.5 cm³/mol. The molecule has 1 aromatic carbocycles. The molecule has 2 aliphatic rings.